The molecule has 4 heteroatoms. The largest absolute Gasteiger partial charge is 0.465 e. The van der Waals surface area contributed by atoms with E-state index in [2.05, 4.69) is 0 Å². The van der Waals surface area contributed by atoms with Crippen LogP contribution < -0.4 is 0 Å². The lowest BCUT2D eigenvalue weighted by molar-refractivity contribution is -0.148. The molecule has 0 aromatic carbocycles. The molecular formula is C12H19NO3. The van der Waals surface area contributed by atoms with Crippen LogP contribution in [0.1, 0.15) is 39.0 Å². The maximum absolute atomic E-state index is 11.8. The number of ether oxygens (including phenoxy) is 1. The van der Waals surface area contributed by atoms with Crippen LogP contribution >= 0.6 is 0 Å². The van der Waals surface area contributed by atoms with Crippen LogP contribution in [0.3, 0.4) is 0 Å². The molecule has 2 aliphatic rings. The predicted molar refractivity (Wildman–Crippen MR) is 58.7 cm³/mol. The fourth-order valence-corrected chi connectivity index (χ4v) is 2.91. The van der Waals surface area contributed by atoms with Gasteiger partial charge in [0, 0.05) is 12.5 Å². The molecule has 4 nitrogen and oxygen atoms in total. The zero-order chi connectivity index (χ0) is 11.5. The van der Waals surface area contributed by atoms with Crippen molar-refractivity contribution >= 4 is 11.9 Å². The summed E-state index contributed by atoms with van der Waals surface area (Å²) in [5.74, 6) is 0.336. The second kappa shape index (κ2) is 4.85. The van der Waals surface area contributed by atoms with Gasteiger partial charge in [0.1, 0.15) is 6.54 Å². The monoisotopic (exact) mass is 225 g/mol. The first-order valence-corrected chi connectivity index (χ1v) is 6.17. The Balaban J connectivity index is 1.97. The molecule has 2 fully saturated rings. The second-order valence-electron chi connectivity index (χ2n) is 4.64. The Morgan fingerprint density at radius 1 is 1.44 bits per heavy atom. The minimum Gasteiger partial charge on any atom is -0.465 e. The smallest absolute Gasteiger partial charge is 0.325 e. The van der Waals surface area contributed by atoms with Gasteiger partial charge in [0.25, 0.3) is 0 Å². The molecule has 1 saturated heterocycles. The number of nitrogens with zero attached hydrogens (tertiary/aromatic N) is 1. The number of amides is 1. The van der Waals surface area contributed by atoms with Crippen molar-refractivity contribution in [2.75, 3.05) is 13.2 Å². The Kier molecular flexibility index (Phi) is 3.46. The molecule has 0 unspecified atom stereocenters. The van der Waals surface area contributed by atoms with E-state index in [1.807, 2.05) is 0 Å². The van der Waals surface area contributed by atoms with Crippen molar-refractivity contribution in [2.45, 2.75) is 45.1 Å². The molecule has 90 valence electrons. The molecule has 16 heavy (non-hydrogen) atoms. The molecule has 2 rings (SSSR count). The van der Waals surface area contributed by atoms with Crippen LogP contribution in [0.5, 0.6) is 0 Å². The van der Waals surface area contributed by atoms with Gasteiger partial charge in [-0.2, -0.15) is 0 Å². The lowest BCUT2D eigenvalue weighted by Crippen LogP contribution is -2.40. The molecule has 0 spiro atoms. The highest BCUT2D eigenvalue weighted by atomic mass is 16.5. The lowest BCUT2D eigenvalue weighted by Gasteiger charge is -2.30. The van der Waals surface area contributed by atoms with E-state index >= 15 is 0 Å². The van der Waals surface area contributed by atoms with Gasteiger partial charge >= 0.3 is 5.97 Å². The van der Waals surface area contributed by atoms with Crippen molar-refractivity contribution < 1.29 is 14.3 Å². The zero-order valence-corrected chi connectivity index (χ0v) is 9.78. The summed E-state index contributed by atoms with van der Waals surface area (Å²) < 4.78 is 4.90. The molecular weight excluding hydrogens is 206 g/mol. The van der Waals surface area contributed by atoms with Crippen LogP contribution in [-0.2, 0) is 14.3 Å². The average molecular weight is 225 g/mol. The first kappa shape index (κ1) is 11.4. The number of rotatable bonds is 3. The van der Waals surface area contributed by atoms with Crippen molar-refractivity contribution in [1.82, 2.24) is 4.90 Å². The quantitative estimate of drug-likeness (QED) is 0.681. The summed E-state index contributed by atoms with van der Waals surface area (Å²) in [5.41, 5.74) is 0. The summed E-state index contributed by atoms with van der Waals surface area (Å²) in [6.45, 7) is 2.32. The van der Waals surface area contributed by atoms with E-state index in [0.29, 0.717) is 25.0 Å². The normalized spacial score (nSPS) is 29.1. The summed E-state index contributed by atoms with van der Waals surface area (Å²) in [6, 6.07) is 0.297. The summed E-state index contributed by atoms with van der Waals surface area (Å²) in [6.07, 6.45) is 5.21. The van der Waals surface area contributed by atoms with Gasteiger partial charge in [-0.1, -0.05) is 12.8 Å². The Morgan fingerprint density at radius 2 is 2.19 bits per heavy atom. The molecule has 1 heterocycles. The van der Waals surface area contributed by atoms with Gasteiger partial charge in [-0.25, -0.2) is 0 Å². The van der Waals surface area contributed by atoms with Crippen LogP contribution in [0.25, 0.3) is 0 Å². The van der Waals surface area contributed by atoms with Crippen molar-refractivity contribution in [3.05, 3.63) is 0 Å². The minimum atomic E-state index is -0.276. The van der Waals surface area contributed by atoms with E-state index in [-0.39, 0.29) is 18.4 Å². The van der Waals surface area contributed by atoms with Crippen LogP contribution in [0.2, 0.25) is 0 Å². The zero-order valence-electron chi connectivity index (χ0n) is 9.78. The third-order valence-corrected chi connectivity index (χ3v) is 3.63. The number of esters is 1. The predicted octanol–water partition coefficient (Wildman–Crippen LogP) is 1.34. The Bertz CT molecular complexity index is 290. The SMILES string of the molecule is CCOC(=O)CN1C(=O)C[C@H]2CCCC[C@@H]21. The molecule has 1 aliphatic heterocycles. The van der Waals surface area contributed by atoms with E-state index in [9.17, 15) is 9.59 Å². The maximum Gasteiger partial charge on any atom is 0.325 e. The number of hydrogen-bond donors (Lipinski definition) is 0. The van der Waals surface area contributed by atoms with Crippen molar-refractivity contribution in [2.24, 2.45) is 5.92 Å². The average Bonchev–Trinajstić information content (AvgIpc) is 2.56. The molecule has 0 radical (unpaired) electrons. The van der Waals surface area contributed by atoms with Crippen molar-refractivity contribution in [3.8, 4) is 0 Å². The fraction of sp³-hybridized carbons (Fsp3) is 0.833. The number of carbonyl (C=O) groups excluding carboxylic acids is 2. The standard InChI is InChI=1S/C12H19NO3/c1-2-16-12(15)8-13-10-6-4-3-5-9(10)7-11(13)14/h9-10H,2-8H2,1H3/t9-,10+/m1/s1. The highest BCUT2D eigenvalue weighted by Gasteiger charge is 2.41. The van der Waals surface area contributed by atoms with Gasteiger partial charge in [0.2, 0.25) is 5.91 Å². The molecule has 0 aromatic heterocycles. The summed E-state index contributed by atoms with van der Waals surface area (Å²) >= 11 is 0. The number of carbonyl (C=O) groups is 2. The van der Waals surface area contributed by atoms with Crippen LogP contribution in [0, 0.1) is 5.92 Å². The van der Waals surface area contributed by atoms with Gasteiger partial charge in [-0.3, -0.25) is 9.59 Å². The number of likely N-dealkylation sites (tertiary alicyclic amines) is 1. The molecule has 0 aromatic rings. The molecule has 2 atom stereocenters. The van der Waals surface area contributed by atoms with Gasteiger partial charge in [-0.15, -0.1) is 0 Å². The first-order valence-electron chi connectivity index (χ1n) is 6.17. The summed E-state index contributed by atoms with van der Waals surface area (Å²) in [4.78, 5) is 24.9. The Hall–Kier alpha value is -1.06. The van der Waals surface area contributed by atoms with E-state index in [1.165, 1.54) is 12.8 Å². The van der Waals surface area contributed by atoms with Gasteiger partial charge in [0.05, 0.1) is 6.61 Å². The summed E-state index contributed by atoms with van der Waals surface area (Å²) in [5, 5.41) is 0. The highest BCUT2D eigenvalue weighted by Crippen LogP contribution is 2.36. The molecule has 1 aliphatic carbocycles. The lowest BCUT2D eigenvalue weighted by atomic mass is 9.85. The maximum atomic E-state index is 11.8. The Morgan fingerprint density at radius 3 is 2.94 bits per heavy atom. The number of hydrogen-bond acceptors (Lipinski definition) is 3. The van der Waals surface area contributed by atoms with Gasteiger partial charge in [0.15, 0.2) is 0 Å². The molecule has 1 amide bonds. The second-order valence-corrected chi connectivity index (χ2v) is 4.64. The topological polar surface area (TPSA) is 46.6 Å². The van der Waals surface area contributed by atoms with Gasteiger partial charge < -0.3 is 9.64 Å². The van der Waals surface area contributed by atoms with E-state index in [0.717, 1.165) is 12.8 Å². The van der Waals surface area contributed by atoms with Crippen LogP contribution in [0.4, 0.5) is 0 Å². The molecule has 1 saturated carbocycles. The summed E-state index contributed by atoms with van der Waals surface area (Å²) in [7, 11) is 0. The number of fused-ring (bicyclic) bond motifs is 1. The van der Waals surface area contributed by atoms with Gasteiger partial charge in [-0.05, 0) is 25.7 Å². The third-order valence-electron chi connectivity index (χ3n) is 3.63. The van der Waals surface area contributed by atoms with Crippen molar-refractivity contribution in [1.29, 1.82) is 0 Å². The third kappa shape index (κ3) is 2.20. The van der Waals surface area contributed by atoms with E-state index in [1.54, 1.807) is 11.8 Å². The fourth-order valence-electron chi connectivity index (χ4n) is 2.91. The first-order chi connectivity index (χ1) is 7.72. The van der Waals surface area contributed by atoms with E-state index < -0.39 is 0 Å². The minimum absolute atomic E-state index is 0.130. The van der Waals surface area contributed by atoms with Crippen LogP contribution in [-0.4, -0.2) is 36.0 Å². The Labute approximate surface area is 95.9 Å². The molecule has 0 N–H and O–H groups in total. The van der Waals surface area contributed by atoms with E-state index in [4.69, 9.17) is 4.74 Å². The van der Waals surface area contributed by atoms with Crippen LogP contribution in [0.15, 0.2) is 0 Å². The van der Waals surface area contributed by atoms with Crippen molar-refractivity contribution in [3.63, 3.8) is 0 Å². The highest BCUT2D eigenvalue weighted by molar-refractivity contribution is 5.84. The molecule has 0 bridgehead atoms.